The molecule has 0 fully saturated rings. The van der Waals surface area contributed by atoms with Crippen LogP contribution >= 0.6 is 34.2 Å². The van der Waals surface area contributed by atoms with Gasteiger partial charge in [-0.1, -0.05) is 41.9 Å². The van der Waals surface area contributed by atoms with E-state index in [-0.39, 0.29) is 18.1 Å². The fraction of sp³-hybridized carbons (Fsp3) is 0.130. The molecule has 0 spiro atoms. The molecule has 0 saturated carbocycles. The van der Waals surface area contributed by atoms with Gasteiger partial charge in [0.15, 0.2) is 11.5 Å². The topological polar surface area (TPSA) is 59.9 Å². The Morgan fingerprint density at radius 3 is 2.65 bits per heavy atom. The first kappa shape index (κ1) is 23.0. The van der Waals surface area contributed by atoms with Crippen molar-refractivity contribution in [2.75, 3.05) is 7.11 Å². The van der Waals surface area contributed by atoms with Gasteiger partial charge in [0.05, 0.1) is 23.3 Å². The van der Waals surface area contributed by atoms with Crippen molar-refractivity contribution in [1.82, 2.24) is 5.43 Å². The van der Waals surface area contributed by atoms with E-state index < -0.39 is 0 Å². The van der Waals surface area contributed by atoms with E-state index in [0.717, 1.165) is 14.7 Å². The molecule has 0 aliphatic heterocycles. The third kappa shape index (κ3) is 6.67. The zero-order valence-corrected chi connectivity index (χ0v) is 19.5. The van der Waals surface area contributed by atoms with E-state index in [0.29, 0.717) is 28.7 Å². The fourth-order valence-electron chi connectivity index (χ4n) is 2.73. The van der Waals surface area contributed by atoms with Crippen LogP contribution in [0.25, 0.3) is 0 Å². The van der Waals surface area contributed by atoms with E-state index in [1.165, 1.54) is 18.3 Å². The second-order valence-electron chi connectivity index (χ2n) is 6.51. The molecule has 0 saturated heterocycles. The molecule has 0 aliphatic rings. The highest BCUT2D eigenvalue weighted by molar-refractivity contribution is 14.1. The molecular weight excluding hydrogens is 534 g/mol. The average Bonchev–Trinajstić information content (AvgIpc) is 2.75. The lowest BCUT2D eigenvalue weighted by Crippen LogP contribution is -2.19. The lowest BCUT2D eigenvalue weighted by atomic mass is 10.1. The number of carbonyl (C=O) groups is 1. The predicted molar refractivity (Wildman–Crippen MR) is 127 cm³/mol. The zero-order valence-electron chi connectivity index (χ0n) is 16.6. The Labute approximate surface area is 198 Å². The molecule has 0 aliphatic carbocycles. The molecule has 0 heterocycles. The van der Waals surface area contributed by atoms with Gasteiger partial charge in [-0.25, -0.2) is 9.82 Å². The summed E-state index contributed by atoms with van der Waals surface area (Å²) in [6, 6.07) is 16.9. The average molecular weight is 553 g/mol. The third-order valence-corrected chi connectivity index (χ3v) is 5.43. The second kappa shape index (κ2) is 11.1. The minimum atomic E-state index is -0.343. The highest BCUT2D eigenvalue weighted by Gasteiger charge is 2.12. The maximum atomic E-state index is 12.9. The van der Waals surface area contributed by atoms with E-state index in [1.54, 1.807) is 25.3 Å². The summed E-state index contributed by atoms with van der Waals surface area (Å²) in [5.74, 6) is 0.493. The number of hydrogen-bond acceptors (Lipinski definition) is 4. The summed E-state index contributed by atoms with van der Waals surface area (Å²) in [6.07, 6.45) is 1.62. The Kier molecular flexibility index (Phi) is 8.25. The molecule has 0 atom stereocenters. The number of nitrogens with zero attached hydrogens (tertiary/aromatic N) is 1. The molecule has 0 aromatic heterocycles. The normalized spacial score (nSPS) is 10.8. The van der Waals surface area contributed by atoms with Gasteiger partial charge in [0.1, 0.15) is 12.4 Å². The lowest BCUT2D eigenvalue weighted by molar-refractivity contribution is -0.120. The van der Waals surface area contributed by atoms with Crippen LogP contribution in [-0.2, 0) is 17.8 Å². The van der Waals surface area contributed by atoms with Gasteiger partial charge >= 0.3 is 0 Å². The van der Waals surface area contributed by atoms with Crippen LogP contribution < -0.4 is 14.9 Å². The monoisotopic (exact) mass is 552 g/mol. The van der Waals surface area contributed by atoms with Crippen LogP contribution in [0.2, 0.25) is 5.02 Å². The highest BCUT2D eigenvalue weighted by Crippen LogP contribution is 2.34. The summed E-state index contributed by atoms with van der Waals surface area (Å²) in [5.41, 5.74) is 4.77. The molecule has 0 unspecified atom stereocenters. The number of halogens is 3. The molecule has 1 N–H and O–H groups in total. The number of methoxy groups -OCH3 is 1. The Hall–Kier alpha value is -2.65. The Bertz CT molecular complexity index is 1090. The number of benzene rings is 3. The minimum Gasteiger partial charge on any atom is -0.493 e. The Morgan fingerprint density at radius 1 is 1.19 bits per heavy atom. The number of nitrogens with one attached hydrogen (secondary N) is 1. The first-order valence-corrected chi connectivity index (χ1v) is 10.7. The van der Waals surface area contributed by atoms with Crippen molar-refractivity contribution in [2.24, 2.45) is 5.10 Å². The summed E-state index contributed by atoms with van der Waals surface area (Å²) in [4.78, 5) is 12.0. The van der Waals surface area contributed by atoms with E-state index in [1.807, 2.05) is 30.3 Å². The molecule has 1 amide bonds. The molecule has 0 bridgehead atoms. The van der Waals surface area contributed by atoms with Crippen LogP contribution in [0.1, 0.15) is 16.7 Å². The van der Waals surface area contributed by atoms with Crippen molar-refractivity contribution < 1.29 is 18.7 Å². The van der Waals surface area contributed by atoms with Gasteiger partial charge in [0.25, 0.3) is 0 Å². The molecule has 160 valence electrons. The van der Waals surface area contributed by atoms with E-state index in [2.05, 4.69) is 33.1 Å². The molecule has 5 nitrogen and oxygen atoms in total. The highest BCUT2D eigenvalue weighted by atomic mass is 127. The summed E-state index contributed by atoms with van der Waals surface area (Å²) in [6.45, 7) is 0.304. The van der Waals surface area contributed by atoms with Gasteiger partial charge in [0.2, 0.25) is 5.91 Å². The zero-order chi connectivity index (χ0) is 22.2. The molecule has 8 heteroatoms. The van der Waals surface area contributed by atoms with Crippen LogP contribution in [0.5, 0.6) is 11.5 Å². The Balaban J connectivity index is 1.64. The molecular formula is C23H19ClFIN2O3. The number of carbonyl (C=O) groups excluding carboxylic acids is 1. The van der Waals surface area contributed by atoms with E-state index >= 15 is 0 Å². The number of amides is 1. The van der Waals surface area contributed by atoms with Gasteiger partial charge in [-0.05, 0) is 64.0 Å². The van der Waals surface area contributed by atoms with Crippen LogP contribution in [-0.4, -0.2) is 19.2 Å². The fourth-order valence-corrected chi connectivity index (χ4v) is 3.70. The molecule has 3 aromatic carbocycles. The molecule has 31 heavy (non-hydrogen) atoms. The molecule has 0 radical (unpaired) electrons. The van der Waals surface area contributed by atoms with Crippen LogP contribution in [0.4, 0.5) is 4.39 Å². The van der Waals surface area contributed by atoms with Crippen molar-refractivity contribution in [2.45, 2.75) is 13.0 Å². The quantitative estimate of drug-likeness (QED) is 0.232. The van der Waals surface area contributed by atoms with Gasteiger partial charge in [-0.3, -0.25) is 4.79 Å². The van der Waals surface area contributed by atoms with Crippen molar-refractivity contribution in [1.29, 1.82) is 0 Å². The first-order valence-electron chi connectivity index (χ1n) is 9.26. The number of rotatable bonds is 8. The summed E-state index contributed by atoms with van der Waals surface area (Å²) in [7, 11) is 1.55. The second-order valence-corrected chi connectivity index (χ2v) is 8.08. The van der Waals surface area contributed by atoms with Gasteiger partial charge in [-0.2, -0.15) is 5.10 Å². The molecule has 3 rings (SSSR count). The van der Waals surface area contributed by atoms with Gasteiger partial charge in [0, 0.05) is 10.6 Å². The van der Waals surface area contributed by atoms with Crippen molar-refractivity contribution >= 4 is 46.3 Å². The predicted octanol–water partition coefficient (Wildman–Crippen LogP) is 5.36. The third-order valence-electron chi connectivity index (χ3n) is 4.26. The molecule has 3 aromatic rings. The van der Waals surface area contributed by atoms with E-state index in [4.69, 9.17) is 21.1 Å². The number of hydrogen-bond donors (Lipinski definition) is 1. The van der Waals surface area contributed by atoms with Crippen LogP contribution in [0.15, 0.2) is 65.8 Å². The summed E-state index contributed by atoms with van der Waals surface area (Å²) < 4.78 is 25.2. The number of ether oxygens (including phenoxy) is 2. The maximum Gasteiger partial charge on any atom is 0.244 e. The van der Waals surface area contributed by atoms with Crippen molar-refractivity contribution in [3.63, 3.8) is 0 Å². The van der Waals surface area contributed by atoms with Crippen LogP contribution in [0, 0.1) is 9.39 Å². The standard InChI is InChI=1S/C23H19ClFIN2O3/c1-30-21-11-16(13-27-28-22(29)12-15-6-8-18(25)9-7-15)10-20(26)23(21)31-14-17-4-2-3-5-19(17)24/h2-11,13H,12,14H2,1H3,(H,28,29)/b27-13+. The van der Waals surface area contributed by atoms with Crippen molar-refractivity contribution in [3.8, 4) is 11.5 Å². The van der Waals surface area contributed by atoms with E-state index in [9.17, 15) is 9.18 Å². The number of hydrazone groups is 1. The smallest absolute Gasteiger partial charge is 0.244 e. The van der Waals surface area contributed by atoms with Gasteiger partial charge in [-0.15, -0.1) is 0 Å². The maximum absolute atomic E-state index is 12.9. The van der Waals surface area contributed by atoms with Gasteiger partial charge < -0.3 is 9.47 Å². The minimum absolute atomic E-state index is 0.104. The van der Waals surface area contributed by atoms with Crippen molar-refractivity contribution in [3.05, 3.63) is 91.8 Å². The lowest BCUT2D eigenvalue weighted by Gasteiger charge is -2.14. The Morgan fingerprint density at radius 2 is 1.94 bits per heavy atom. The SMILES string of the molecule is COc1cc(/C=N/NC(=O)Cc2ccc(F)cc2)cc(I)c1OCc1ccccc1Cl. The largest absolute Gasteiger partial charge is 0.493 e. The first-order chi connectivity index (χ1) is 15.0. The summed E-state index contributed by atoms with van der Waals surface area (Å²) >= 11 is 8.34. The van der Waals surface area contributed by atoms with Crippen LogP contribution in [0.3, 0.4) is 0 Å². The summed E-state index contributed by atoms with van der Waals surface area (Å²) in [5, 5.41) is 4.63.